The summed E-state index contributed by atoms with van der Waals surface area (Å²) in [6.45, 7) is 5.55. The molecule has 0 radical (unpaired) electrons. The van der Waals surface area contributed by atoms with E-state index in [0.717, 1.165) is 17.8 Å². The zero-order chi connectivity index (χ0) is 13.7. The van der Waals surface area contributed by atoms with Gasteiger partial charge >= 0.3 is 0 Å². The number of nitrogens with zero attached hydrogens (tertiary/aromatic N) is 2. The van der Waals surface area contributed by atoms with Crippen LogP contribution in [0.1, 0.15) is 39.5 Å². The number of rotatable bonds is 7. The average Bonchev–Trinajstić information content (AvgIpc) is 2.83. The Hall–Kier alpha value is -0.960. The van der Waals surface area contributed by atoms with Crippen LogP contribution in [0.2, 0.25) is 0 Å². The largest absolute Gasteiger partial charge is 0.330 e. The molecule has 2 nitrogen and oxygen atoms in total. The number of fused-ring (bicyclic) bond motifs is 1. The van der Waals surface area contributed by atoms with Gasteiger partial charge in [0.25, 0.3) is 0 Å². The SMILES string of the molecule is CCCC(CS)(CCC)Cn1cnc2ccccc21. The Labute approximate surface area is 121 Å². The second-order valence-corrected chi connectivity index (χ2v) is 5.84. The molecule has 1 heterocycles. The topological polar surface area (TPSA) is 17.8 Å². The smallest absolute Gasteiger partial charge is 0.0958 e. The van der Waals surface area contributed by atoms with Gasteiger partial charge in [-0.3, -0.25) is 0 Å². The maximum absolute atomic E-state index is 4.64. The first-order valence-electron chi connectivity index (χ1n) is 7.25. The van der Waals surface area contributed by atoms with Crippen LogP contribution in [-0.2, 0) is 6.54 Å². The van der Waals surface area contributed by atoms with E-state index in [9.17, 15) is 0 Å². The van der Waals surface area contributed by atoms with Crippen LogP contribution in [0.4, 0.5) is 0 Å². The normalized spacial score (nSPS) is 12.2. The molecular weight excluding hydrogens is 252 g/mol. The molecule has 0 unspecified atom stereocenters. The summed E-state index contributed by atoms with van der Waals surface area (Å²) >= 11 is 4.64. The summed E-state index contributed by atoms with van der Waals surface area (Å²) in [6, 6.07) is 8.36. The Morgan fingerprint density at radius 3 is 2.47 bits per heavy atom. The molecule has 104 valence electrons. The maximum Gasteiger partial charge on any atom is 0.0958 e. The fourth-order valence-corrected chi connectivity index (χ4v) is 3.47. The van der Waals surface area contributed by atoms with Gasteiger partial charge in [-0.25, -0.2) is 4.98 Å². The summed E-state index contributed by atoms with van der Waals surface area (Å²) < 4.78 is 2.30. The molecule has 3 heteroatoms. The highest BCUT2D eigenvalue weighted by Crippen LogP contribution is 2.34. The predicted molar refractivity (Wildman–Crippen MR) is 85.8 cm³/mol. The fourth-order valence-electron chi connectivity index (χ4n) is 3.05. The standard InChI is InChI=1S/C16H24N2S/c1-3-9-16(12-19,10-4-2)11-18-13-17-14-7-5-6-8-15(14)18/h5-8,13,19H,3-4,9-12H2,1-2H3. The van der Waals surface area contributed by atoms with Gasteiger partial charge in [-0.1, -0.05) is 38.8 Å². The Morgan fingerprint density at radius 2 is 1.84 bits per heavy atom. The minimum Gasteiger partial charge on any atom is -0.330 e. The molecule has 19 heavy (non-hydrogen) atoms. The van der Waals surface area contributed by atoms with Crippen LogP contribution in [0.3, 0.4) is 0 Å². The van der Waals surface area contributed by atoms with Gasteiger partial charge < -0.3 is 4.57 Å². The summed E-state index contributed by atoms with van der Waals surface area (Å²) in [7, 11) is 0. The Bertz CT molecular complexity index is 512. The number of hydrogen-bond donors (Lipinski definition) is 1. The van der Waals surface area contributed by atoms with Crippen molar-refractivity contribution in [2.45, 2.75) is 46.1 Å². The van der Waals surface area contributed by atoms with E-state index < -0.39 is 0 Å². The van der Waals surface area contributed by atoms with Crippen LogP contribution in [0.25, 0.3) is 11.0 Å². The highest BCUT2D eigenvalue weighted by Gasteiger charge is 2.27. The van der Waals surface area contributed by atoms with E-state index in [1.807, 2.05) is 12.4 Å². The lowest BCUT2D eigenvalue weighted by molar-refractivity contribution is 0.234. The van der Waals surface area contributed by atoms with Crippen molar-refractivity contribution >= 4 is 23.7 Å². The van der Waals surface area contributed by atoms with Gasteiger partial charge in [0.2, 0.25) is 0 Å². The molecule has 0 saturated heterocycles. The van der Waals surface area contributed by atoms with Gasteiger partial charge in [-0.2, -0.15) is 12.6 Å². The second kappa shape index (κ2) is 6.47. The number of aromatic nitrogens is 2. The van der Waals surface area contributed by atoms with Crippen molar-refractivity contribution < 1.29 is 0 Å². The van der Waals surface area contributed by atoms with E-state index in [4.69, 9.17) is 0 Å². The zero-order valence-corrected chi connectivity index (χ0v) is 12.9. The van der Waals surface area contributed by atoms with Gasteiger partial charge in [0.05, 0.1) is 17.4 Å². The summed E-state index contributed by atoms with van der Waals surface area (Å²) in [4.78, 5) is 4.50. The number of imidazole rings is 1. The van der Waals surface area contributed by atoms with E-state index in [-0.39, 0.29) is 0 Å². The van der Waals surface area contributed by atoms with Gasteiger partial charge in [0.15, 0.2) is 0 Å². The summed E-state index contributed by atoms with van der Waals surface area (Å²) in [5.41, 5.74) is 2.63. The molecule has 0 spiro atoms. The third kappa shape index (κ3) is 3.14. The van der Waals surface area contributed by atoms with E-state index in [1.165, 1.54) is 31.2 Å². The molecule has 0 aliphatic rings. The van der Waals surface area contributed by atoms with Crippen LogP contribution in [0, 0.1) is 5.41 Å². The fraction of sp³-hybridized carbons (Fsp3) is 0.562. The van der Waals surface area contributed by atoms with Crippen LogP contribution < -0.4 is 0 Å². The van der Waals surface area contributed by atoms with Crippen molar-refractivity contribution in [3.8, 4) is 0 Å². The molecule has 0 aliphatic carbocycles. The first kappa shape index (κ1) is 14.4. The van der Waals surface area contributed by atoms with Crippen LogP contribution in [-0.4, -0.2) is 15.3 Å². The molecule has 0 N–H and O–H groups in total. The van der Waals surface area contributed by atoms with E-state index >= 15 is 0 Å². The van der Waals surface area contributed by atoms with Crippen molar-refractivity contribution in [2.75, 3.05) is 5.75 Å². The van der Waals surface area contributed by atoms with Crippen molar-refractivity contribution in [1.82, 2.24) is 9.55 Å². The van der Waals surface area contributed by atoms with Crippen molar-refractivity contribution in [2.24, 2.45) is 5.41 Å². The molecule has 0 fully saturated rings. The molecule has 0 amide bonds. The summed E-state index contributed by atoms with van der Waals surface area (Å²) in [5, 5.41) is 0. The third-order valence-electron chi connectivity index (χ3n) is 3.93. The average molecular weight is 276 g/mol. The lowest BCUT2D eigenvalue weighted by Crippen LogP contribution is -2.28. The Balaban J connectivity index is 2.30. The first-order chi connectivity index (χ1) is 9.24. The monoisotopic (exact) mass is 276 g/mol. The lowest BCUT2D eigenvalue weighted by Gasteiger charge is -2.32. The van der Waals surface area contributed by atoms with Gasteiger partial charge in [-0.15, -0.1) is 0 Å². The lowest BCUT2D eigenvalue weighted by atomic mass is 9.81. The zero-order valence-electron chi connectivity index (χ0n) is 12.0. The molecule has 0 bridgehead atoms. The molecule has 1 aromatic heterocycles. The highest BCUT2D eigenvalue weighted by molar-refractivity contribution is 7.80. The Morgan fingerprint density at radius 1 is 1.16 bits per heavy atom. The molecule has 0 aliphatic heterocycles. The van der Waals surface area contributed by atoms with E-state index in [2.05, 4.69) is 54.2 Å². The molecule has 0 atom stereocenters. The highest BCUT2D eigenvalue weighted by atomic mass is 32.1. The van der Waals surface area contributed by atoms with E-state index in [0.29, 0.717) is 5.41 Å². The molecule has 2 rings (SSSR count). The molecule has 0 saturated carbocycles. The third-order valence-corrected chi connectivity index (χ3v) is 4.60. The number of hydrogen-bond acceptors (Lipinski definition) is 2. The number of para-hydroxylation sites is 2. The Kier molecular flexibility index (Phi) is 4.92. The second-order valence-electron chi connectivity index (χ2n) is 5.52. The molecular formula is C16H24N2S. The van der Waals surface area contributed by atoms with Crippen molar-refractivity contribution in [3.05, 3.63) is 30.6 Å². The molecule has 1 aromatic carbocycles. The number of thiol groups is 1. The predicted octanol–water partition coefficient (Wildman–Crippen LogP) is 4.55. The quantitative estimate of drug-likeness (QED) is 0.734. The summed E-state index contributed by atoms with van der Waals surface area (Å²) in [6.07, 6.45) is 6.88. The maximum atomic E-state index is 4.64. The minimum absolute atomic E-state index is 0.302. The minimum atomic E-state index is 0.302. The number of benzene rings is 1. The van der Waals surface area contributed by atoms with Gasteiger partial charge in [0.1, 0.15) is 0 Å². The van der Waals surface area contributed by atoms with Gasteiger partial charge in [-0.05, 0) is 36.1 Å². The van der Waals surface area contributed by atoms with Gasteiger partial charge in [0, 0.05) is 6.54 Å². The first-order valence-corrected chi connectivity index (χ1v) is 7.88. The van der Waals surface area contributed by atoms with Crippen molar-refractivity contribution in [3.63, 3.8) is 0 Å². The van der Waals surface area contributed by atoms with Crippen LogP contribution in [0.5, 0.6) is 0 Å². The molecule has 2 aromatic rings. The van der Waals surface area contributed by atoms with E-state index in [1.54, 1.807) is 0 Å². The van der Waals surface area contributed by atoms with Crippen LogP contribution in [0.15, 0.2) is 30.6 Å². The van der Waals surface area contributed by atoms with Crippen LogP contribution >= 0.6 is 12.6 Å². The summed E-state index contributed by atoms with van der Waals surface area (Å²) in [5.74, 6) is 0.946. The van der Waals surface area contributed by atoms with Crippen molar-refractivity contribution in [1.29, 1.82) is 0 Å².